The van der Waals surface area contributed by atoms with E-state index in [1.807, 2.05) is 31.2 Å². The van der Waals surface area contributed by atoms with Gasteiger partial charge < -0.3 is 10.1 Å². The van der Waals surface area contributed by atoms with E-state index in [4.69, 9.17) is 27.9 Å². The molecule has 0 radical (unpaired) electrons. The molecule has 0 aromatic heterocycles. The third kappa shape index (κ3) is 5.41. The van der Waals surface area contributed by atoms with Crippen LogP contribution < -0.4 is 5.32 Å². The molecule has 2 rings (SSSR count). The highest BCUT2D eigenvalue weighted by Gasteiger charge is 2.09. The summed E-state index contributed by atoms with van der Waals surface area (Å²) in [4.78, 5) is 23.4. The summed E-state index contributed by atoms with van der Waals surface area (Å²) in [6.45, 7) is 1.56. The molecule has 2 aromatic carbocycles. The molecule has 0 aliphatic carbocycles. The third-order valence-corrected chi connectivity index (χ3v) is 3.88. The van der Waals surface area contributed by atoms with E-state index in [1.54, 1.807) is 24.3 Å². The molecule has 0 fully saturated rings. The van der Waals surface area contributed by atoms with Crippen LogP contribution in [0.5, 0.6) is 0 Å². The molecule has 0 aliphatic rings. The number of rotatable bonds is 5. The van der Waals surface area contributed by atoms with Crippen molar-refractivity contribution in [1.82, 2.24) is 0 Å². The third-order valence-electron chi connectivity index (χ3n) is 3.06. The van der Waals surface area contributed by atoms with Gasteiger partial charge in [0, 0.05) is 6.08 Å². The van der Waals surface area contributed by atoms with Gasteiger partial charge in [-0.05, 0) is 30.7 Å². The largest absolute Gasteiger partial charge is 0.452 e. The molecule has 0 spiro atoms. The Balaban J connectivity index is 1.84. The molecule has 0 saturated heterocycles. The number of esters is 1. The maximum Gasteiger partial charge on any atom is 0.331 e. The summed E-state index contributed by atoms with van der Waals surface area (Å²) in [6, 6.07) is 12.5. The predicted molar refractivity (Wildman–Crippen MR) is 96.3 cm³/mol. The van der Waals surface area contributed by atoms with Crippen molar-refractivity contribution in [1.29, 1.82) is 0 Å². The van der Waals surface area contributed by atoms with Gasteiger partial charge in [-0.1, -0.05) is 59.1 Å². The van der Waals surface area contributed by atoms with Crippen LogP contribution in [-0.2, 0) is 14.3 Å². The number of hydrogen-bond donors (Lipinski definition) is 1. The fraction of sp³-hybridized carbons (Fsp3) is 0.111. The molecule has 6 heteroatoms. The molecule has 2 aromatic rings. The second-order valence-electron chi connectivity index (χ2n) is 5.00. The predicted octanol–water partition coefficient (Wildman–Crippen LogP) is 4.50. The second-order valence-corrected chi connectivity index (χ2v) is 5.79. The molecular formula is C18H15Cl2NO3. The van der Waals surface area contributed by atoms with Gasteiger partial charge in [0.15, 0.2) is 6.61 Å². The molecule has 0 saturated carbocycles. The van der Waals surface area contributed by atoms with Crippen LogP contribution in [0.1, 0.15) is 11.1 Å². The lowest BCUT2D eigenvalue weighted by molar-refractivity contribution is -0.142. The van der Waals surface area contributed by atoms with Crippen LogP contribution in [-0.4, -0.2) is 18.5 Å². The van der Waals surface area contributed by atoms with Crippen LogP contribution in [0, 0.1) is 6.92 Å². The number of ether oxygens (including phenoxy) is 1. The minimum absolute atomic E-state index is 0.234. The Labute approximate surface area is 150 Å². The number of halogens is 2. The summed E-state index contributed by atoms with van der Waals surface area (Å²) in [5.74, 6) is -1.11. The van der Waals surface area contributed by atoms with E-state index in [0.717, 1.165) is 11.1 Å². The van der Waals surface area contributed by atoms with Crippen molar-refractivity contribution in [2.24, 2.45) is 0 Å². The fourth-order valence-electron chi connectivity index (χ4n) is 1.81. The average molecular weight is 364 g/mol. The Morgan fingerprint density at radius 3 is 2.54 bits per heavy atom. The Bertz CT molecular complexity index is 770. The number of benzene rings is 2. The van der Waals surface area contributed by atoms with Crippen LogP contribution in [0.25, 0.3) is 6.08 Å². The molecule has 1 amide bonds. The minimum atomic E-state index is -0.608. The summed E-state index contributed by atoms with van der Waals surface area (Å²) < 4.78 is 4.88. The molecular weight excluding hydrogens is 349 g/mol. The maximum absolute atomic E-state index is 11.8. The number of anilines is 1. The molecule has 1 N–H and O–H groups in total. The zero-order valence-electron chi connectivity index (χ0n) is 12.9. The fourth-order valence-corrected chi connectivity index (χ4v) is 2.16. The summed E-state index contributed by atoms with van der Waals surface area (Å²) in [7, 11) is 0. The van der Waals surface area contributed by atoms with Crippen molar-refractivity contribution < 1.29 is 14.3 Å². The first-order valence-electron chi connectivity index (χ1n) is 7.11. The first-order chi connectivity index (χ1) is 11.5. The Hall–Kier alpha value is -2.30. The molecule has 0 aliphatic heterocycles. The number of aryl methyl sites for hydroxylation is 1. The molecule has 0 atom stereocenters. The SMILES string of the molecule is Cc1ccc(/C=C/C(=O)OCC(=O)Nc2cccc(Cl)c2Cl)cc1. The lowest BCUT2D eigenvalue weighted by atomic mass is 10.1. The number of nitrogens with one attached hydrogen (secondary N) is 1. The topological polar surface area (TPSA) is 55.4 Å². The quantitative estimate of drug-likeness (QED) is 0.628. The van der Waals surface area contributed by atoms with Crippen LogP contribution >= 0.6 is 23.2 Å². The highest BCUT2D eigenvalue weighted by Crippen LogP contribution is 2.29. The number of carbonyl (C=O) groups excluding carboxylic acids is 2. The molecule has 0 bridgehead atoms. The summed E-state index contributed by atoms with van der Waals surface area (Å²) in [6.07, 6.45) is 2.89. The van der Waals surface area contributed by atoms with Crippen LogP contribution in [0.15, 0.2) is 48.5 Å². The van der Waals surface area contributed by atoms with E-state index in [9.17, 15) is 9.59 Å². The molecule has 0 heterocycles. The number of hydrogen-bond acceptors (Lipinski definition) is 3. The monoisotopic (exact) mass is 363 g/mol. The van der Waals surface area contributed by atoms with Crippen LogP contribution in [0.3, 0.4) is 0 Å². The molecule has 4 nitrogen and oxygen atoms in total. The van der Waals surface area contributed by atoms with Gasteiger partial charge in [0.25, 0.3) is 5.91 Å². The van der Waals surface area contributed by atoms with Gasteiger partial charge in [-0.15, -0.1) is 0 Å². The summed E-state index contributed by atoms with van der Waals surface area (Å²) in [5, 5.41) is 3.09. The van der Waals surface area contributed by atoms with E-state index in [-0.39, 0.29) is 5.02 Å². The maximum atomic E-state index is 11.8. The van der Waals surface area contributed by atoms with Gasteiger partial charge in [0.2, 0.25) is 0 Å². The van der Waals surface area contributed by atoms with Gasteiger partial charge in [-0.2, -0.15) is 0 Å². The van der Waals surface area contributed by atoms with Crippen molar-refractivity contribution in [3.63, 3.8) is 0 Å². The van der Waals surface area contributed by atoms with Crippen molar-refractivity contribution in [2.75, 3.05) is 11.9 Å². The molecule has 0 unspecified atom stereocenters. The van der Waals surface area contributed by atoms with Crippen molar-refractivity contribution in [2.45, 2.75) is 6.92 Å². The van der Waals surface area contributed by atoms with Crippen LogP contribution in [0.2, 0.25) is 10.0 Å². The van der Waals surface area contributed by atoms with Gasteiger partial charge in [-0.3, -0.25) is 4.79 Å². The van der Waals surface area contributed by atoms with Gasteiger partial charge >= 0.3 is 5.97 Å². The highest BCUT2D eigenvalue weighted by molar-refractivity contribution is 6.44. The van der Waals surface area contributed by atoms with Crippen molar-refractivity contribution in [3.05, 3.63) is 69.7 Å². The Morgan fingerprint density at radius 1 is 1.12 bits per heavy atom. The first kappa shape index (κ1) is 18.0. The van der Waals surface area contributed by atoms with Gasteiger partial charge in [0.05, 0.1) is 15.7 Å². The first-order valence-corrected chi connectivity index (χ1v) is 7.86. The van der Waals surface area contributed by atoms with Crippen molar-refractivity contribution >= 4 is 46.8 Å². The highest BCUT2D eigenvalue weighted by atomic mass is 35.5. The number of amides is 1. The Morgan fingerprint density at radius 2 is 1.83 bits per heavy atom. The average Bonchev–Trinajstić information content (AvgIpc) is 2.56. The second kappa shape index (κ2) is 8.52. The van der Waals surface area contributed by atoms with Crippen LogP contribution in [0.4, 0.5) is 5.69 Å². The minimum Gasteiger partial charge on any atom is -0.452 e. The van der Waals surface area contributed by atoms with Gasteiger partial charge in [0.1, 0.15) is 0 Å². The smallest absolute Gasteiger partial charge is 0.331 e. The molecule has 124 valence electrons. The molecule has 24 heavy (non-hydrogen) atoms. The lowest BCUT2D eigenvalue weighted by Crippen LogP contribution is -2.20. The van der Waals surface area contributed by atoms with E-state index in [0.29, 0.717) is 10.7 Å². The standard InChI is InChI=1S/C18H15Cl2NO3/c1-12-5-7-13(8-6-12)9-10-17(23)24-11-16(22)21-15-4-2-3-14(19)18(15)20/h2-10H,11H2,1H3,(H,21,22)/b10-9+. The number of carbonyl (C=O) groups is 2. The zero-order valence-corrected chi connectivity index (χ0v) is 14.4. The summed E-state index contributed by atoms with van der Waals surface area (Å²) >= 11 is 11.8. The Kier molecular flexibility index (Phi) is 6.41. The lowest BCUT2D eigenvalue weighted by Gasteiger charge is -2.08. The van der Waals surface area contributed by atoms with E-state index in [2.05, 4.69) is 5.32 Å². The normalized spacial score (nSPS) is 10.6. The van der Waals surface area contributed by atoms with Crippen molar-refractivity contribution in [3.8, 4) is 0 Å². The van der Waals surface area contributed by atoms with E-state index in [1.165, 1.54) is 6.08 Å². The summed E-state index contributed by atoms with van der Waals surface area (Å²) in [5.41, 5.74) is 2.36. The van der Waals surface area contributed by atoms with E-state index < -0.39 is 18.5 Å². The van der Waals surface area contributed by atoms with Gasteiger partial charge in [-0.25, -0.2) is 4.79 Å². The zero-order chi connectivity index (χ0) is 17.5. The van der Waals surface area contributed by atoms with E-state index >= 15 is 0 Å².